The topological polar surface area (TPSA) is 447 Å². The minimum Gasteiger partial charge on any atom is -0.353 e. The summed E-state index contributed by atoms with van der Waals surface area (Å²) in [6.07, 6.45) is 34.9. The highest BCUT2D eigenvalue weighted by Gasteiger charge is 2.25. The summed E-state index contributed by atoms with van der Waals surface area (Å²) in [7, 11) is 5.45. The van der Waals surface area contributed by atoms with E-state index in [9.17, 15) is 19.2 Å². The van der Waals surface area contributed by atoms with Gasteiger partial charge < -0.3 is 50.6 Å². The maximum absolute atomic E-state index is 12.8. The van der Waals surface area contributed by atoms with Crippen LogP contribution in [0.15, 0.2) is 318 Å². The molecule has 1 aliphatic rings. The molecule has 34 nitrogen and oxygen atoms in total. The van der Waals surface area contributed by atoms with Gasteiger partial charge in [0.1, 0.15) is 5.78 Å². The van der Waals surface area contributed by atoms with Gasteiger partial charge >= 0.3 is 12.1 Å². The minimum absolute atomic E-state index is 0.0564. The Balaban J connectivity index is 0.000000111. The van der Waals surface area contributed by atoms with Crippen molar-refractivity contribution in [3.63, 3.8) is 0 Å². The highest BCUT2D eigenvalue weighted by atomic mass is 16.2. The van der Waals surface area contributed by atoms with Crippen molar-refractivity contribution < 1.29 is 19.2 Å². The zero-order valence-electron chi connectivity index (χ0n) is 79.6. The number of hydrogen-bond donors (Lipinski definition) is 11. The van der Waals surface area contributed by atoms with Gasteiger partial charge in [0, 0.05) is 285 Å². The van der Waals surface area contributed by atoms with Gasteiger partial charge in [-0.1, -0.05) is 80.6 Å². The van der Waals surface area contributed by atoms with Gasteiger partial charge in [0.2, 0.25) is 5.91 Å². The summed E-state index contributed by atoms with van der Waals surface area (Å²) < 4.78 is 0. The molecule has 0 spiro atoms. The van der Waals surface area contributed by atoms with Gasteiger partial charge in [-0.05, 0) is 174 Å². The van der Waals surface area contributed by atoms with E-state index in [0.717, 1.165) is 219 Å². The number of carbonyl (C=O) groups is 4. The molecule has 34 heteroatoms. The fourth-order valence-corrected chi connectivity index (χ4v) is 18.0. The van der Waals surface area contributed by atoms with E-state index >= 15 is 0 Å². The van der Waals surface area contributed by atoms with Crippen LogP contribution in [0.1, 0.15) is 32.4 Å². The van der Waals surface area contributed by atoms with Crippen molar-refractivity contribution in [2.24, 2.45) is 0 Å². The second-order valence-corrected chi connectivity index (χ2v) is 35.5. The SMILES string of the molecule is CCC(=O)Cc1ccc(-c2cnc3n[nH]c(-c4cc5c(-c6cccnc6)cccc5[nH]4)c3c2)cn1.CCC(=O)Nc1cncc(-c2cnc3n[nH]c(-c4cc5c(-c6cccnc6)cccc5[nH]4)c3c2)c1.CN(C)C(=O)Nc1cncc(-c2cnc3n[nH]c(-c4cc5c(-c6ccncc6)cccc5[nH]4)c3c2)c1.CN1CCN(C(=O)Nc2cncc(-c3cnc4n[nH]c(-c5cc6c(-c7ccncc7)cccc6[nH]5)c4c3)c2)CC1. The molecule has 146 heavy (non-hydrogen) atoms. The Morgan fingerprint density at radius 2 is 0.671 bits per heavy atom. The number of Topliss-reactive ketones (excluding diaryl/α,β-unsaturated/α-hetero) is 1. The number of rotatable bonds is 19. The van der Waals surface area contributed by atoms with E-state index in [1.54, 1.807) is 119 Å². The molecule has 24 aromatic rings. The standard InChI is InChI=1S/C30H27N9O.C28H22N6O.C27H22N8O.C27H21N7O/c1-38-9-11-39(12-10-38)30(40)34-22-13-20(16-32-18-22)21-14-25-28(36-37-29(25)33-17-21)27-15-24-23(3-2-4-26(24)35-27)19-5-7-31-8-6-19;1-2-21(35)12-20-9-8-17(15-30-20)19-11-24-27(33-34-28(24)31-16-19)26-13-23-22(6-3-7-25(23)32-26)18-5-4-10-29-14-18;1-35(2)27(36)31-19-10-17(13-29-15-19)18-11-22-25(33-34-26(22)30-14-18)24-12-21-20(4-3-5-23(21)32-24)16-6-8-28-9-7-16;1-2-25(35)31-19-9-17(13-29-15-19)18-10-22-26(33-34-27(22)30-14-18)24-11-21-20(6-3-7-23(21)32-24)16-5-4-8-28-12-16/h2-8,13-18,35H,9-12H2,1H3,(H,34,40)(H,33,36,37);3-11,13-16,32H,2,12H2,1H3,(H,31,33,34);3-15,32H,1-2H3,(H,31,36)(H,30,33,34);3-15,32H,2H2,1H3,(H,31,35)(H,30,33,34). The summed E-state index contributed by atoms with van der Waals surface area (Å²) in [5.41, 5.74) is 32.3. The molecule has 0 saturated carbocycles. The number of fused-ring (bicyclic) bond motifs is 8. The number of hydrogen-bond acceptors (Lipinski definition) is 21. The second kappa shape index (κ2) is 40.3. The maximum atomic E-state index is 12.8. The Morgan fingerprint density at radius 3 is 1.03 bits per heavy atom. The highest BCUT2D eigenvalue weighted by molar-refractivity contribution is 6.07. The van der Waals surface area contributed by atoms with E-state index in [2.05, 4.69) is 245 Å². The number of benzene rings is 4. The summed E-state index contributed by atoms with van der Waals surface area (Å²) in [6.45, 7) is 6.83. The van der Waals surface area contributed by atoms with Crippen LogP contribution in [0.2, 0.25) is 0 Å². The highest BCUT2D eigenvalue weighted by Crippen LogP contribution is 2.42. The third-order valence-electron chi connectivity index (χ3n) is 25.7. The quantitative estimate of drug-likeness (QED) is 0.0358. The third kappa shape index (κ3) is 19.2. The van der Waals surface area contributed by atoms with Crippen LogP contribution < -0.4 is 16.0 Å². The Labute approximate surface area is 832 Å². The summed E-state index contributed by atoms with van der Waals surface area (Å²) in [5.74, 6) is 0.125. The fraction of sp³-hybridized carbons (Fsp3) is 0.107. The van der Waals surface area contributed by atoms with E-state index in [4.69, 9.17) is 0 Å². The molecule has 0 bridgehead atoms. The number of ketones is 1. The normalized spacial score (nSPS) is 12.0. The van der Waals surface area contributed by atoms with Gasteiger partial charge in [0.05, 0.1) is 81.2 Å². The van der Waals surface area contributed by atoms with Gasteiger partial charge in [-0.25, -0.2) is 29.5 Å². The first kappa shape index (κ1) is 91.4. The van der Waals surface area contributed by atoms with Crippen molar-refractivity contribution in [2.45, 2.75) is 33.1 Å². The lowest BCUT2D eigenvalue weighted by Gasteiger charge is -2.32. The molecule has 20 aromatic heterocycles. The summed E-state index contributed by atoms with van der Waals surface area (Å²) >= 11 is 0. The monoisotopic (exact) mass is 1920 g/mol. The Bertz CT molecular complexity index is 8970. The lowest BCUT2D eigenvalue weighted by molar-refractivity contribution is -0.118. The number of piperazine rings is 1. The van der Waals surface area contributed by atoms with E-state index in [-0.39, 0.29) is 23.8 Å². The van der Waals surface area contributed by atoms with Crippen molar-refractivity contribution in [3.8, 4) is 135 Å². The average Bonchev–Trinajstić information content (AvgIpc) is 1.62. The molecule has 4 aromatic carbocycles. The summed E-state index contributed by atoms with van der Waals surface area (Å²) in [5, 5.41) is 47.0. The number of aromatic amines is 8. The van der Waals surface area contributed by atoms with Gasteiger partial charge in [-0.3, -0.25) is 69.9 Å². The van der Waals surface area contributed by atoms with Crippen LogP contribution in [-0.2, 0) is 16.0 Å². The lowest BCUT2D eigenvalue weighted by Crippen LogP contribution is -2.48. The van der Waals surface area contributed by atoms with E-state index in [1.165, 1.54) is 4.90 Å². The maximum Gasteiger partial charge on any atom is 0.321 e. The van der Waals surface area contributed by atoms with Crippen molar-refractivity contribution in [2.75, 3.05) is 63.3 Å². The molecule has 0 unspecified atom stereocenters. The van der Waals surface area contributed by atoms with Gasteiger partial charge in [0.25, 0.3) is 0 Å². The number of nitrogens with one attached hydrogen (secondary N) is 11. The largest absolute Gasteiger partial charge is 0.353 e. The van der Waals surface area contributed by atoms with Crippen LogP contribution in [0.25, 0.3) is 222 Å². The predicted octanol–water partition coefficient (Wildman–Crippen LogP) is 21.7. The third-order valence-corrected chi connectivity index (χ3v) is 25.7. The van der Waals surface area contributed by atoms with Crippen LogP contribution >= 0.6 is 0 Å². The second-order valence-electron chi connectivity index (χ2n) is 35.5. The van der Waals surface area contributed by atoms with Gasteiger partial charge in [0.15, 0.2) is 22.6 Å². The number of likely N-dealkylation sites (N-methyl/N-ethyl adjacent to an activating group) is 1. The molecular formula is C112H92N30O4. The van der Waals surface area contributed by atoms with Gasteiger partial charge in [-0.2, -0.15) is 20.4 Å². The number of carbonyl (C=O) groups excluding carboxylic acids is 4. The summed E-state index contributed by atoms with van der Waals surface area (Å²) in [4.78, 5) is 121. The average molecular weight is 1920 g/mol. The van der Waals surface area contributed by atoms with Crippen LogP contribution in [0.5, 0.6) is 0 Å². The molecule has 1 saturated heterocycles. The van der Waals surface area contributed by atoms with E-state index < -0.39 is 0 Å². The number of urea groups is 2. The molecule has 25 rings (SSSR count). The lowest BCUT2D eigenvalue weighted by atomic mass is 10.0. The van der Waals surface area contributed by atoms with E-state index in [0.29, 0.717) is 72.0 Å². The first-order valence-electron chi connectivity index (χ1n) is 47.4. The van der Waals surface area contributed by atoms with Crippen molar-refractivity contribution >= 4 is 129 Å². The molecule has 21 heterocycles. The summed E-state index contributed by atoms with van der Waals surface area (Å²) in [6, 6.07) is 66.9. The number of aromatic nitrogens is 24. The van der Waals surface area contributed by atoms with E-state index in [1.807, 2.05) is 134 Å². The molecule has 11 N–H and O–H groups in total. The number of amides is 5. The van der Waals surface area contributed by atoms with Crippen LogP contribution in [0.4, 0.5) is 26.7 Å². The Kier molecular flexibility index (Phi) is 25.2. The minimum atomic E-state index is -0.218. The Morgan fingerprint density at radius 1 is 0.315 bits per heavy atom. The predicted molar refractivity (Wildman–Crippen MR) is 569 cm³/mol. The van der Waals surface area contributed by atoms with Crippen LogP contribution in [-0.4, -0.2) is 206 Å². The molecular weight excluding hydrogens is 1830 g/mol. The van der Waals surface area contributed by atoms with Crippen molar-refractivity contribution in [1.29, 1.82) is 0 Å². The number of H-pyrrole nitrogens is 8. The molecule has 1 fully saturated rings. The molecule has 0 radical (unpaired) electrons. The van der Waals surface area contributed by atoms with Gasteiger partial charge in [-0.15, -0.1) is 0 Å². The zero-order chi connectivity index (χ0) is 99.3. The Hall–Kier alpha value is -19.6. The molecule has 714 valence electrons. The number of pyridine rings is 12. The van der Waals surface area contributed by atoms with Crippen molar-refractivity contribution in [1.82, 2.24) is 135 Å². The number of anilines is 3. The smallest absolute Gasteiger partial charge is 0.321 e. The number of nitrogens with zero attached hydrogens (tertiary/aromatic N) is 19. The molecule has 5 amide bonds. The first-order chi connectivity index (χ1) is 71.6. The molecule has 0 aliphatic carbocycles. The first-order valence-corrected chi connectivity index (χ1v) is 47.4. The van der Waals surface area contributed by atoms with Crippen LogP contribution in [0.3, 0.4) is 0 Å². The zero-order valence-corrected chi connectivity index (χ0v) is 79.6. The van der Waals surface area contributed by atoms with Crippen LogP contribution in [0, 0.1) is 0 Å². The van der Waals surface area contributed by atoms with Crippen molar-refractivity contribution in [3.05, 3.63) is 324 Å². The fourth-order valence-electron chi connectivity index (χ4n) is 18.0. The molecule has 0 atom stereocenters. The molecule has 1 aliphatic heterocycles.